The number of carbonyl (C=O) groups excluding carboxylic acids is 1. The van der Waals surface area contributed by atoms with Gasteiger partial charge in [0.15, 0.2) is 0 Å². The van der Waals surface area contributed by atoms with Crippen LogP contribution in [0.25, 0.3) is 11.4 Å². The van der Waals surface area contributed by atoms with Gasteiger partial charge < -0.3 is 9.84 Å². The van der Waals surface area contributed by atoms with Crippen LogP contribution in [-0.4, -0.2) is 37.3 Å². The van der Waals surface area contributed by atoms with E-state index in [9.17, 15) is 13.2 Å². The topological polar surface area (TPSA) is 105 Å². The maximum absolute atomic E-state index is 12.1. The van der Waals surface area contributed by atoms with Crippen molar-refractivity contribution >= 4 is 21.6 Å². The van der Waals surface area contributed by atoms with Gasteiger partial charge >= 0.3 is 0 Å². The lowest BCUT2D eigenvalue weighted by molar-refractivity contribution is -0.121. The van der Waals surface area contributed by atoms with E-state index in [-0.39, 0.29) is 25.4 Å². The van der Waals surface area contributed by atoms with Crippen LogP contribution in [0.2, 0.25) is 0 Å². The lowest BCUT2D eigenvalue weighted by Crippen LogP contribution is -2.32. The molecular formula is C21H24N4O4S. The molecule has 0 aliphatic heterocycles. The lowest BCUT2D eigenvalue weighted by atomic mass is 10.2. The number of nitrogens with zero attached hydrogens (tertiary/aromatic N) is 3. The maximum Gasteiger partial charge on any atom is 0.246 e. The normalized spacial score (nSPS) is 11.3. The molecule has 9 heteroatoms. The molecule has 0 unspecified atom stereocenters. The van der Waals surface area contributed by atoms with Gasteiger partial charge in [-0.15, -0.1) is 0 Å². The summed E-state index contributed by atoms with van der Waals surface area (Å²) in [6, 6.07) is 16.7. The first-order chi connectivity index (χ1) is 14.3. The van der Waals surface area contributed by atoms with Gasteiger partial charge in [0, 0.05) is 18.5 Å². The van der Waals surface area contributed by atoms with E-state index in [1.165, 1.54) is 4.31 Å². The second-order valence-electron chi connectivity index (χ2n) is 6.93. The minimum Gasteiger partial charge on any atom is -0.347 e. The Kier molecular flexibility index (Phi) is 6.83. The number of carbonyl (C=O) groups is 1. The molecule has 1 amide bonds. The fourth-order valence-electron chi connectivity index (χ4n) is 2.95. The van der Waals surface area contributed by atoms with Gasteiger partial charge in [-0.05, 0) is 31.0 Å². The number of anilines is 1. The lowest BCUT2D eigenvalue weighted by Gasteiger charge is -2.22. The van der Waals surface area contributed by atoms with Crippen molar-refractivity contribution in [3.05, 3.63) is 66.1 Å². The standard InChI is InChI=1S/C21H24N4O4S/c1-16-8-6-11-18(14-16)25(30(2,27)28)13-7-12-19(26)22-15-20-23-21(24-29-20)17-9-4-3-5-10-17/h3-6,8-11,14H,7,12-13,15H2,1-2H3,(H,22,26). The van der Waals surface area contributed by atoms with E-state index >= 15 is 0 Å². The van der Waals surface area contributed by atoms with E-state index in [0.29, 0.717) is 23.8 Å². The van der Waals surface area contributed by atoms with E-state index in [4.69, 9.17) is 4.52 Å². The second kappa shape index (κ2) is 9.53. The SMILES string of the molecule is Cc1cccc(N(CCCC(=O)NCc2nc(-c3ccccc3)no2)S(C)(=O)=O)c1. The molecule has 3 rings (SSSR count). The van der Waals surface area contributed by atoms with Crippen LogP contribution in [0.1, 0.15) is 24.3 Å². The average molecular weight is 429 g/mol. The van der Waals surface area contributed by atoms with Gasteiger partial charge in [-0.25, -0.2) is 8.42 Å². The minimum atomic E-state index is -3.44. The Balaban J connectivity index is 1.50. The monoisotopic (exact) mass is 428 g/mol. The second-order valence-corrected chi connectivity index (χ2v) is 8.84. The largest absolute Gasteiger partial charge is 0.347 e. The van der Waals surface area contributed by atoms with E-state index in [0.717, 1.165) is 17.4 Å². The summed E-state index contributed by atoms with van der Waals surface area (Å²) >= 11 is 0. The fraction of sp³-hybridized carbons (Fsp3) is 0.286. The van der Waals surface area contributed by atoms with Gasteiger partial charge in [0.2, 0.25) is 27.6 Å². The molecule has 1 aromatic heterocycles. The molecule has 0 radical (unpaired) electrons. The average Bonchev–Trinajstić information content (AvgIpc) is 3.18. The quantitative estimate of drug-likeness (QED) is 0.562. The molecule has 8 nitrogen and oxygen atoms in total. The van der Waals surface area contributed by atoms with E-state index in [2.05, 4.69) is 15.5 Å². The number of benzene rings is 2. The zero-order chi connectivity index (χ0) is 21.6. The summed E-state index contributed by atoms with van der Waals surface area (Å²) in [6.07, 6.45) is 1.72. The summed E-state index contributed by atoms with van der Waals surface area (Å²) in [6.45, 7) is 2.24. The third-order valence-corrected chi connectivity index (χ3v) is 5.59. The van der Waals surface area contributed by atoms with Crippen LogP contribution in [0.3, 0.4) is 0 Å². The van der Waals surface area contributed by atoms with Gasteiger partial charge in [-0.3, -0.25) is 9.10 Å². The Morgan fingerprint density at radius 1 is 1.13 bits per heavy atom. The molecule has 30 heavy (non-hydrogen) atoms. The highest BCUT2D eigenvalue weighted by Gasteiger charge is 2.18. The van der Waals surface area contributed by atoms with Crippen LogP contribution in [0.4, 0.5) is 5.69 Å². The van der Waals surface area contributed by atoms with Crippen LogP contribution in [0.15, 0.2) is 59.1 Å². The third-order valence-electron chi connectivity index (χ3n) is 4.39. The minimum absolute atomic E-state index is 0.117. The van der Waals surface area contributed by atoms with Crippen molar-refractivity contribution in [2.24, 2.45) is 0 Å². The first kappa shape index (κ1) is 21.5. The molecule has 158 valence electrons. The number of nitrogens with one attached hydrogen (secondary N) is 1. The van der Waals surface area contributed by atoms with Gasteiger partial charge in [0.05, 0.1) is 18.5 Å². The maximum atomic E-state index is 12.1. The van der Waals surface area contributed by atoms with Gasteiger partial charge in [0.1, 0.15) is 0 Å². The molecule has 0 fully saturated rings. The molecule has 0 saturated carbocycles. The summed E-state index contributed by atoms with van der Waals surface area (Å²) in [5, 5.41) is 6.63. The highest BCUT2D eigenvalue weighted by atomic mass is 32.2. The summed E-state index contributed by atoms with van der Waals surface area (Å²) in [5.41, 5.74) is 2.39. The van der Waals surface area contributed by atoms with Crippen LogP contribution < -0.4 is 9.62 Å². The van der Waals surface area contributed by atoms with Crippen LogP contribution in [0.5, 0.6) is 0 Å². The molecule has 1 heterocycles. The predicted molar refractivity (Wildman–Crippen MR) is 114 cm³/mol. The number of rotatable bonds is 9. The Bertz CT molecular complexity index is 1100. The van der Waals surface area contributed by atoms with Crippen molar-refractivity contribution in [1.29, 1.82) is 0 Å². The zero-order valence-corrected chi connectivity index (χ0v) is 17.7. The van der Waals surface area contributed by atoms with Gasteiger partial charge in [-0.1, -0.05) is 47.6 Å². The Labute approximate surface area is 176 Å². The van der Waals surface area contributed by atoms with Crippen LogP contribution in [0, 0.1) is 6.92 Å². The summed E-state index contributed by atoms with van der Waals surface area (Å²) in [5.74, 6) is 0.550. The van der Waals surface area contributed by atoms with Crippen LogP contribution in [-0.2, 0) is 21.4 Å². The third kappa shape index (κ3) is 5.90. The van der Waals surface area contributed by atoms with Crippen LogP contribution >= 0.6 is 0 Å². The molecule has 0 atom stereocenters. The molecule has 0 aliphatic rings. The number of aromatic nitrogens is 2. The van der Waals surface area contributed by atoms with Crippen molar-refractivity contribution < 1.29 is 17.7 Å². The summed E-state index contributed by atoms with van der Waals surface area (Å²) < 4.78 is 30.8. The zero-order valence-electron chi connectivity index (χ0n) is 16.9. The molecule has 0 saturated heterocycles. The number of sulfonamides is 1. The van der Waals surface area contributed by atoms with E-state index in [1.807, 2.05) is 49.4 Å². The van der Waals surface area contributed by atoms with Gasteiger partial charge in [0.25, 0.3) is 0 Å². The van der Waals surface area contributed by atoms with Crippen molar-refractivity contribution in [3.8, 4) is 11.4 Å². The van der Waals surface area contributed by atoms with E-state index in [1.54, 1.807) is 12.1 Å². The molecular weight excluding hydrogens is 404 g/mol. The van der Waals surface area contributed by atoms with E-state index < -0.39 is 10.0 Å². The summed E-state index contributed by atoms with van der Waals surface area (Å²) in [4.78, 5) is 16.4. The highest BCUT2D eigenvalue weighted by Crippen LogP contribution is 2.19. The Hall–Kier alpha value is -3.20. The van der Waals surface area contributed by atoms with Crippen molar-refractivity contribution in [1.82, 2.24) is 15.5 Å². The first-order valence-corrected chi connectivity index (χ1v) is 11.4. The predicted octanol–water partition coefficient (Wildman–Crippen LogP) is 2.91. The number of aryl methyl sites for hydroxylation is 1. The number of hydrogen-bond donors (Lipinski definition) is 1. The molecule has 2 aromatic carbocycles. The molecule has 0 bridgehead atoms. The Morgan fingerprint density at radius 3 is 2.60 bits per heavy atom. The number of amides is 1. The van der Waals surface area contributed by atoms with Crippen molar-refractivity contribution in [2.75, 3.05) is 17.1 Å². The Morgan fingerprint density at radius 2 is 1.90 bits per heavy atom. The smallest absolute Gasteiger partial charge is 0.246 e. The molecule has 3 aromatic rings. The van der Waals surface area contributed by atoms with Gasteiger partial charge in [-0.2, -0.15) is 4.98 Å². The highest BCUT2D eigenvalue weighted by molar-refractivity contribution is 7.92. The van der Waals surface area contributed by atoms with Crippen molar-refractivity contribution in [2.45, 2.75) is 26.3 Å². The molecule has 0 aliphatic carbocycles. The number of hydrogen-bond acceptors (Lipinski definition) is 6. The van der Waals surface area contributed by atoms with Crippen molar-refractivity contribution in [3.63, 3.8) is 0 Å². The molecule has 0 spiro atoms. The summed E-state index contributed by atoms with van der Waals surface area (Å²) in [7, 11) is -3.44. The molecule has 1 N–H and O–H groups in total. The first-order valence-electron chi connectivity index (χ1n) is 9.52. The fourth-order valence-corrected chi connectivity index (χ4v) is 3.90.